The number of anilines is 2. The number of benzene rings is 1. The van der Waals surface area contributed by atoms with Crippen LogP contribution < -0.4 is 10.6 Å². The normalized spacial score (nSPS) is 16.1. The van der Waals surface area contributed by atoms with Gasteiger partial charge in [0, 0.05) is 17.9 Å². The summed E-state index contributed by atoms with van der Waals surface area (Å²) >= 11 is 0. The van der Waals surface area contributed by atoms with Crippen molar-refractivity contribution < 1.29 is 9.53 Å². The molecule has 0 aromatic heterocycles. The lowest BCUT2D eigenvalue weighted by atomic mass is 10.1. The second-order valence-corrected chi connectivity index (χ2v) is 3.86. The molecule has 1 aromatic rings. The predicted molar refractivity (Wildman–Crippen MR) is 63.5 cm³/mol. The summed E-state index contributed by atoms with van der Waals surface area (Å²) < 4.78 is 4.99. The highest BCUT2D eigenvalue weighted by molar-refractivity contribution is 5.89. The van der Waals surface area contributed by atoms with Crippen LogP contribution in [0.15, 0.2) is 18.2 Å². The van der Waals surface area contributed by atoms with Crippen LogP contribution in [0.1, 0.15) is 18.9 Å². The molecule has 1 aliphatic rings. The van der Waals surface area contributed by atoms with Gasteiger partial charge in [0.15, 0.2) is 0 Å². The fraction of sp³-hybridized carbons (Fsp3) is 0.417. The van der Waals surface area contributed by atoms with Gasteiger partial charge in [-0.1, -0.05) is 13.0 Å². The molecule has 1 amide bonds. The number of carbonyl (C=O) groups excluding carboxylic acids is 1. The third-order valence-corrected chi connectivity index (χ3v) is 2.79. The Kier molecular flexibility index (Phi) is 2.99. The van der Waals surface area contributed by atoms with Crippen molar-refractivity contribution in [2.45, 2.75) is 19.8 Å². The molecule has 1 aromatic carbocycles. The zero-order valence-electron chi connectivity index (χ0n) is 9.40. The number of nitrogens with two attached hydrogens (primary N) is 1. The average Bonchev–Trinajstić information content (AvgIpc) is 2.29. The van der Waals surface area contributed by atoms with Gasteiger partial charge in [-0.25, -0.2) is 4.79 Å². The Labute approximate surface area is 95.0 Å². The first-order valence-electron chi connectivity index (χ1n) is 5.55. The van der Waals surface area contributed by atoms with Gasteiger partial charge in [0.2, 0.25) is 0 Å². The van der Waals surface area contributed by atoms with Gasteiger partial charge >= 0.3 is 6.09 Å². The van der Waals surface area contributed by atoms with E-state index in [1.165, 1.54) is 0 Å². The topological polar surface area (TPSA) is 55.6 Å². The second-order valence-electron chi connectivity index (χ2n) is 3.86. The minimum Gasteiger partial charge on any atom is -0.449 e. The summed E-state index contributed by atoms with van der Waals surface area (Å²) in [4.78, 5) is 13.1. The van der Waals surface area contributed by atoms with E-state index < -0.39 is 0 Å². The van der Waals surface area contributed by atoms with Gasteiger partial charge in [0.25, 0.3) is 0 Å². The standard InChI is InChI=1S/C12H16N2O2/c1-2-9-4-5-10(8-11(9)13)14-6-3-7-16-12(14)15/h4-5,8H,2-3,6-7,13H2,1H3. The number of aryl methyl sites for hydroxylation is 1. The molecule has 0 saturated carbocycles. The maximum Gasteiger partial charge on any atom is 0.414 e. The largest absolute Gasteiger partial charge is 0.449 e. The van der Waals surface area contributed by atoms with Gasteiger partial charge < -0.3 is 10.5 Å². The summed E-state index contributed by atoms with van der Waals surface area (Å²) in [6, 6.07) is 5.72. The van der Waals surface area contributed by atoms with Crippen LogP contribution in [0, 0.1) is 0 Å². The molecule has 16 heavy (non-hydrogen) atoms. The van der Waals surface area contributed by atoms with E-state index in [0.29, 0.717) is 13.2 Å². The van der Waals surface area contributed by atoms with Crippen LogP contribution >= 0.6 is 0 Å². The molecule has 0 spiro atoms. The van der Waals surface area contributed by atoms with Gasteiger partial charge in [-0.3, -0.25) is 4.90 Å². The summed E-state index contributed by atoms with van der Waals surface area (Å²) in [6.45, 7) is 3.27. The summed E-state index contributed by atoms with van der Waals surface area (Å²) in [7, 11) is 0. The van der Waals surface area contributed by atoms with Gasteiger partial charge in [-0.2, -0.15) is 0 Å². The molecule has 0 atom stereocenters. The number of cyclic esters (lactones) is 1. The Hall–Kier alpha value is -1.71. The lowest BCUT2D eigenvalue weighted by Crippen LogP contribution is -2.37. The highest BCUT2D eigenvalue weighted by atomic mass is 16.6. The van der Waals surface area contributed by atoms with Crippen LogP contribution in [0.4, 0.5) is 16.2 Å². The van der Waals surface area contributed by atoms with E-state index in [9.17, 15) is 4.79 Å². The van der Waals surface area contributed by atoms with Crippen molar-refractivity contribution in [3.63, 3.8) is 0 Å². The average molecular weight is 220 g/mol. The van der Waals surface area contributed by atoms with E-state index in [4.69, 9.17) is 10.5 Å². The summed E-state index contributed by atoms with van der Waals surface area (Å²) in [5.41, 5.74) is 8.56. The predicted octanol–water partition coefficient (Wildman–Crippen LogP) is 2.18. The lowest BCUT2D eigenvalue weighted by Gasteiger charge is -2.26. The van der Waals surface area contributed by atoms with Gasteiger partial charge in [-0.15, -0.1) is 0 Å². The van der Waals surface area contributed by atoms with Crippen molar-refractivity contribution in [2.24, 2.45) is 0 Å². The van der Waals surface area contributed by atoms with E-state index in [2.05, 4.69) is 6.92 Å². The van der Waals surface area contributed by atoms with Crippen molar-refractivity contribution in [3.05, 3.63) is 23.8 Å². The van der Waals surface area contributed by atoms with E-state index in [-0.39, 0.29) is 6.09 Å². The number of amides is 1. The third-order valence-electron chi connectivity index (χ3n) is 2.79. The van der Waals surface area contributed by atoms with Crippen molar-refractivity contribution in [3.8, 4) is 0 Å². The molecule has 0 aliphatic carbocycles. The Morgan fingerprint density at radius 3 is 2.94 bits per heavy atom. The van der Waals surface area contributed by atoms with Crippen LogP contribution in [0.5, 0.6) is 0 Å². The first kappa shape index (κ1) is 10.8. The number of hydrogen-bond donors (Lipinski definition) is 1. The highest BCUT2D eigenvalue weighted by Gasteiger charge is 2.21. The molecule has 86 valence electrons. The quantitative estimate of drug-likeness (QED) is 0.777. The van der Waals surface area contributed by atoms with Crippen molar-refractivity contribution in [1.29, 1.82) is 0 Å². The fourth-order valence-corrected chi connectivity index (χ4v) is 1.86. The molecule has 1 heterocycles. The van der Waals surface area contributed by atoms with E-state index in [1.807, 2.05) is 18.2 Å². The number of nitrogen functional groups attached to an aromatic ring is 1. The molecular formula is C12H16N2O2. The maximum atomic E-state index is 11.5. The van der Waals surface area contributed by atoms with Gasteiger partial charge in [0.1, 0.15) is 0 Å². The Balaban J connectivity index is 2.26. The fourth-order valence-electron chi connectivity index (χ4n) is 1.86. The smallest absolute Gasteiger partial charge is 0.414 e. The zero-order valence-corrected chi connectivity index (χ0v) is 9.40. The van der Waals surface area contributed by atoms with Crippen LogP contribution in [0.3, 0.4) is 0 Å². The molecule has 0 unspecified atom stereocenters. The highest BCUT2D eigenvalue weighted by Crippen LogP contribution is 2.24. The lowest BCUT2D eigenvalue weighted by molar-refractivity contribution is 0.140. The van der Waals surface area contributed by atoms with Gasteiger partial charge in [0.05, 0.1) is 6.61 Å². The molecule has 2 rings (SSSR count). The van der Waals surface area contributed by atoms with Crippen LogP contribution in [-0.4, -0.2) is 19.2 Å². The minimum atomic E-state index is -0.283. The Morgan fingerprint density at radius 1 is 1.50 bits per heavy atom. The van der Waals surface area contributed by atoms with Crippen LogP contribution in [-0.2, 0) is 11.2 Å². The third kappa shape index (κ3) is 1.96. The molecule has 0 radical (unpaired) electrons. The second kappa shape index (κ2) is 4.43. The summed E-state index contributed by atoms with van der Waals surface area (Å²) in [5, 5.41) is 0. The number of carbonyl (C=O) groups is 1. The zero-order chi connectivity index (χ0) is 11.5. The molecule has 1 aliphatic heterocycles. The van der Waals surface area contributed by atoms with Crippen molar-refractivity contribution >= 4 is 17.5 Å². The van der Waals surface area contributed by atoms with E-state index >= 15 is 0 Å². The molecule has 2 N–H and O–H groups in total. The van der Waals surface area contributed by atoms with Crippen LogP contribution in [0.2, 0.25) is 0 Å². The molecule has 0 bridgehead atoms. The molecule has 1 fully saturated rings. The number of rotatable bonds is 2. The molecule has 4 heteroatoms. The maximum absolute atomic E-state index is 11.5. The van der Waals surface area contributed by atoms with Gasteiger partial charge in [-0.05, 0) is 30.5 Å². The number of nitrogens with zero attached hydrogens (tertiary/aromatic N) is 1. The monoisotopic (exact) mass is 220 g/mol. The summed E-state index contributed by atoms with van der Waals surface area (Å²) in [5.74, 6) is 0. The Bertz CT molecular complexity index is 404. The van der Waals surface area contributed by atoms with Crippen molar-refractivity contribution in [2.75, 3.05) is 23.8 Å². The molecule has 4 nitrogen and oxygen atoms in total. The molecular weight excluding hydrogens is 204 g/mol. The van der Waals surface area contributed by atoms with E-state index in [0.717, 1.165) is 29.8 Å². The number of ether oxygens (including phenoxy) is 1. The van der Waals surface area contributed by atoms with Crippen molar-refractivity contribution in [1.82, 2.24) is 0 Å². The van der Waals surface area contributed by atoms with Crippen LogP contribution in [0.25, 0.3) is 0 Å². The summed E-state index contributed by atoms with van der Waals surface area (Å²) in [6.07, 6.45) is 1.48. The Morgan fingerprint density at radius 2 is 2.31 bits per heavy atom. The first-order valence-corrected chi connectivity index (χ1v) is 5.55. The number of hydrogen-bond acceptors (Lipinski definition) is 3. The molecule has 1 saturated heterocycles. The van der Waals surface area contributed by atoms with E-state index in [1.54, 1.807) is 4.90 Å². The minimum absolute atomic E-state index is 0.283. The SMILES string of the molecule is CCc1ccc(N2CCCOC2=O)cc1N. The first-order chi connectivity index (χ1) is 7.72.